The molecule has 0 heterocycles. The first kappa shape index (κ1) is 17.6. The largest absolute Gasteiger partial charge is 0.260 e. The zero-order chi connectivity index (χ0) is 15.3. The van der Waals surface area contributed by atoms with Crippen LogP contribution in [-0.2, 0) is 26.6 Å². The molecule has 4 nitrogen and oxygen atoms in total. The second kappa shape index (κ2) is 7.49. The Hall–Kier alpha value is -0.500. The van der Waals surface area contributed by atoms with Crippen molar-refractivity contribution in [1.29, 1.82) is 0 Å². The van der Waals surface area contributed by atoms with Gasteiger partial charge in [-0.15, -0.1) is 0 Å². The summed E-state index contributed by atoms with van der Waals surface area (Å²) in [6, 6.07) is 3.81. The molecule has 0 radical (unpaired) electrons. The first-order valence-corrected chi connectivity index (χ1v) is 9.60. The molecule has 0 saturated heterocycles. The van der Waals surface area contributed by atoms with E-state index < -0.39 is 26.6 Å². The average Bonchev–Trinajstić information content (AvgIpc) is 2.33. The Morgan fingerprint density at radius 2 is 2.10 bits per heavy atom. The molecule has 1 aromatic rings. The van der Waals surface area contributed by atoms with Crippen molar-refractivity contribution in [2.45, 2.75) is 24.3 Å². The molecule has 0 amide bonds. The summed E-state index contributed by atoms with van der Waals surface area (Å²) in [6.45, 7) is 2.02. The van der Waals surface area contributed by atoms with E-state index in [9.17, 15) is 17.0 Å². The lowest BCUT2D eigenvalue weighted by Gasteiger charge is -2.10. The maximum absolute atomic E-state index is 13.0. The lowest BCUT2D eigenvalue weighted by molar-refractivity contribution is 0.576. The number of benzene rings is 1. The zero-order valence-corrected chi connectivity index (χ0v) is 13.6. The Kier molecular flexibility index (Phi) is 6.57. The molecule has 114 valence electrons. The van der Waals surface area contributed by atoms with Crippen molar-refractivity contribution in [1.82, 2.24) is 4.72 Å². The van der Waals surface area contributed by atoms with E-state index in [1.165, 1.54) is 12.1 Å². The van der Waals surface area contributed by atoms with Crippen LogP contribution in [0.1, 0.15) is 18.9 Å². The summed E-state index contributed by atoms with van der Waals surface area (Å²) in [4.78, 5) is 0. The summed E-state index contributed by atoms with van der Waals surface area (Å²) in [5.74, 6) is -0.851. The van der Waals surface area contributed by atoms with Crippen LogP contribution in [0.5, 0.6) is 0 Å². The smallest absolute Gasteiger partial charge is 0.215 e. The lowest BCUT2D eigenvalue weighted by atomic mass is 10.2. The van der Waals surface area contributed by atoms with Gasteiger partial charge >= 0.3 is 0 Å². The number of nitrogens with one attached hydrogen (secondary N) is 1. The van der Waals surface area contributed by atoms with Gasteiger partial charge in [-0.3, -0.25) is 4.21 Å². The van der Waals surface area contributed by atoms with Crippen LogP contribution in [0.4, 0.5) is 4.39 Å². The molecule has 20 heavy (non-hydrogen) atoms. The van der Waals surface area contributed by atoms with Gasteiger partial charge in [0, 0.05) is 28.9 Å². The van der Waals surface area contributed by atoms with Crippen LogP contribution < -0.4 is 4.72 Å². The molecule has 0 aliphatic carbocycles. The topological polar surface area (TPSA) is 63.2 Å². The second-order valence-electron chi connectivity index (χ2n) is 4.50. The summed E-state index contributed by atoms with van der Waals surface area (Å²) in [5.41, 5.74) is 0.413. The molecule has 0 spiro atoms. The molecule has 0 bridgehead atoms. The molecule has 0 saturated carbocycles. The average molecular weight is 342 g/mol. The van der Waals surface area contributed by atoms with Gasteiger partial charge in [-0.1, -0.05) is 24.6 Å². The third-order valence-corrected chi connectivity index (χ3v) is 5.80. The maximum atomic E-state index is 13.0. The van der Waals surface area contributed by atoms with Crippen molar-refractivity contribution >= 4 is 32.4 Å². The van der Waals surface area contributed by atoms with Gasteiger partial charge in [0.1, 0.15) is 5.82 Å². The maximum Gasteiger partial charge on any atom is 0.215 e. The first-order valence-electron chi connectivity index (χ1n) is 5.95. The number of rotatable bonds is 7. The molecule has 2 atom stereocenters. The molecule has 1 N–H and O–H groups in total. The van der Waals surface area contributed by atoms with Crippen LogP contribution in [-0.4, -0.2) is 30.7 Å². The highest BCUT2D eigenvalue weighted by Gasteiger charge is 2.14. The molecular formula is C12H17ClFNO3S2. The van der Waals surface area contributed by atoms with Crippen LogP contribution in [0.15, 0.2) is 18.2 Å². The standard InChI is InChI=1S/C12H17ClFNO3S2/c1-9(19(2)16)5-6-15-20(17,18)8-10-3-4-12(14)11(13)7-10/h3-4,7,9,15H,5-6,8H2,1-2H3. The Labute approximate surface area is 126 Å². The van der Waals surface area contributed by atoms with E-state index in [0.29, 0.717) is 12.0 Å². The quantitative estimate of drug-likeness (QED) is 0.825. The number of hydrogen-bond acceptors (Lipinski definition) is 3. The summed E-state index contributed by atoms with van der Waals surface area (Å²) >= 11 is 5.60. The highest BCUT2D eigenvalue weighted by Crippen LogP contribution is 2.17. The van der Waals surface area contributed by atoms with Crippen molar-refractivity contribution in [3.8, 4) is 0 Å². The minimum Gasteiger partial charge on any atom is -0.260 e. The fourth-order valence-corrected chi connectivity index (χ4v) is 3.29. The fourth-order valence-electron chi connectivity index (χ4n) is 1.48. The Bertz CT molecular complexity index is 592. The van der Waals surface area contributed by atoms with E-state index in [-0.39, 0.29) is 22.6 Å². The fraction of sp³-hybridized carbons (Fsp3) is 0.500. The minimum atomic E-state index is -3.52. The van der Waals surface area contributed by atoms with E-state index in [4.69, 9.17) is 11.6 Å². The zero-order valence-electron chi connectivity index (χ0n) is 11.2. The summed E-state index contributed by atoms with van der Waals surface area (Å²) in [6.07, 6.45) is 2.08. The van der Waals surface area contributed by atoms with Crippen molar-refractivity contribution in [2.75, 3.05) is 12.8 Å². The highest BCUT2D eigenvalue weighted by atomic mass is 35.5. The van der Waals surface area contributed by atoms with Gasteiger partial charge in [-0.2, -0.15) is 0 Å². The van der Waals surface area contributed by atoms with Crippen LogP contribution >= 0.6 is 11.6 Å². The van der Waals surface area contributed by atoms with Crippen LogP contribution in [0, 0.1) is 5.82 Å². The van der Waals surface area contributed by atoms with Gasteiger partial charge in [-0.05, 0) is 24.1 Å². The van der Waals surface area contributed by atoms with Gasteiger partial charge in [0.2, 0.25) is 10.0 Å². The Morgan fingerprint density at radius 3 is 2.65 bits per heavy atom. The van der Waals surface area contributed by atoms with Crippen molar-refractivity contribution in [3.63, 3.8) is 0 Å². The van der Waals surface area contributed by atoms with E-state index in [1.54, 1.807) is 13.2 Å². The summed E-state index contributed by atoms with van der Waals surface area (Å²) < 4.78 is 50.2. The number of sulfonamides is 1. The molecule has 2 unspecified atom stereocenters. The predicted molar refractivity (Wildman–Crippen MR) is 80.2 cm³/mol. The van der Waals surface area contributed by atoms with E-state index >= 15 is 0 Å². The minimum absolute atomic E-state index is 0.0713. The van der Waals surface area contributed by atoms with Gasteiger partial charge in [0.15, 0.2) is 0 Å². The Morgan fingerprint density at radius 1 is 1.45 bits per heavy atom. The van der Waals surface area contributed by atoms with Gasteiger partial charge in [0.05, 0.1) is 10.8 Å². The van der Waals surface area contributed by atoms with Crippen LogP contribution in [0.3, 0.4) is 0 Å². The molecule has 8 heteroatoms. The molecule has 0 aromatic heterocycles. The summed E-state index contributed by atoms with van der Waals surface area (Å²) in [7, 11) is -4.49. The second-order valence-corrected chi connectivity index (χ2v) is 8.52. The Balaban J connectivity index is 2.57. The van der Waals surface area contributed by atoms with Crippen LogP contribution in [0.2, 0.25) is 5.02 Å². The molecule has 1 aromatic carbocycles. The van der Waals surface area contributed by atoms with Gasteiger partial charge in [-0.25, -0.2) is 17.5 Å². The van der Waals surface area contributed by atoms with E-state index in [1.807, 2.05) is 0 Å². The van der Waals surface area contributed by atoms with Crippen molar-refractivity contribution in [2.24, 2.45) is 0 Å². The van der Waals surface area contributed by atoms with Gasteiger partial charge < -0.3 is 0 Å². The molecule has 0 fully saturated rings. The molecular weight excluding hydrogens is 325 g/mol. The highest BCUT2D eigenvalue weighted by molar-refractivity contribution is 7.88. The monoisotopic (exact) mass is 341 g/mol. The van der Waals surface area contributed by atoms with Crippen molar-refractivity contribution in [3.05, 3.63) is 34.6 Å². The third kappa shape index (κ3) is 5.87. The number of halogens is 2. The van der Waals surface area contributed by atoms with Gasteiger partial charge in [0.25, 0.3) is 0 Å². The molecule has 0 aliphatic rings. The van der Waals surface area contributed by atoms with E-state index in [2.05, 4.69) is 4.72 Å². The predicted octanol–water partition coefficient (Wildman–Crippen LogP) is 2.06. The van der Waals surface area contributed by atoms with Crippen molar-refractivity contribution < 1.29 is 17.0 Å². The van der Waals surface area contributed by atoms with Crippen LogP contribution in [0.25, 0.3) is 0 Å². The molecule has 0 aliphatic heterocycles. The summed E-state index contributed by atoms with van der Waals surface area (Å²) in [5, 5.41) is -0.175. The molecule has 1 rings (SSSR count). The lowest BCUT2D eigenvalue weighted by Crippen LogP contribution is -2.28. The first-order chi connectivity index (χ1) is 9.21. The third-order valence-electron chi connectivity index (χ3n) is 2.78. The number of hydrogen-bond donors (Lipinski definition) is 1. The SMILES string of the molecule is CC(CCNS(=O)(=O)Cc1ccc(F)c(Cl)c1)S(C)=O. The van der Waals surface area contributed by atoms with E-state index in [0.717, 1.165) is 6.07 Å². The normalized spacial score (nSPS) is 15.0.